The lowest BCUT2D eigenvalue weighted by molar-refractivity contribution is -0.134. The van der Waals surface area contributed by atoms with Gasteiger partial charge in [0, 0.05) is 12.0 Å². The highest BCUT2D eigenvalue weighted by Gasteiger charge is 1.81. The number of carbonyl (C=O) groups is 1. The average Bonchev–Trinajstić information content (AvgIpc) is 2.03. The Labute approximate surface area is 66.8 Å². The Morgan fingerprint density at radius 3 is 2.20 bits per heavy atom. The van der Waals surface area contributed by atoms with Crippen LogP contribution in [0.3, 0.4) is 0 Å². The Kier molecular flexibility index (Phi) is 13.8. The molecule has 0 aliphatic rings. The van der Waals surface area contributed by atoms with Gasteiger partial charge in [-0.2, -0.15) is 0 Å². The maximum absolute atomic E-state index is 9.84. The zero-order chi connectivity index (χ0) is 8.41. The van der Waals surface area contributed by atoms with E-state index in [2.05, 4.69) is 11.3 Å². The van der Waals surface area contributed by atoms with Crippen LogP contribution in [0.5, 0.6) is 0 Å². The minimum Gasteiger partial charge on any atom is -0.466 e. The zero-order valence-electron chi connectivity index (χ0n) is 6.39. The van der Waals surface area contributed by atoms with E-state index in [1.807, 2.05) is 6.92 Å². The number of methoxy groups -OCH3 is 1. The SMILES string of the molecule is C=CC(=O)OC.CCCCl. The van der Waals surface area contributed by atoms with E-state index in [4.69, 9.17) is 11.6 Å². The van der Waals surface area contributed by atoms with Gasteiger partial charge in [-0.3, -0.25) is 0 Å². The molecule has 0 N–H and O–H groups in total. The van der Waals surface area contributed by atoms with Gasteiger partial charge in [0.15, 0.2) is 0 Å². The number of halogens is 1. The summed E-state index contributed by atoms with van der Waals surface area (Å²) in [5.41, 5.74) is 0. The fourth-order valence-corrected chi connectivity index (χ4v) is 0.0833. The summed E-state index contributed by atoms with van der Waals surface area (Å²) in [6.45, 7) is 5.21. The lowest BCUT2D eigenvalue weighted by Crippen LogP contribution is -1.91. The van der Waals surface area contributed by atoms with Crippen LogP contribution in [0.1, 0.15) is 13.3 Å². The first-order valence-corrected chi connectivity index (χ1v) is 3.52. The predicted octanol–water partition coefficient (Wildman–Crippen LogP) is 1.98. The molecule has 0 aromatic heterocycles. The molecule has 0 saturated heterocycles. The van der Waals surface area contributed by atoms with Crippen molar-refractivity contribution in [1.29, 1.82) is 0 Å². The topological polar surface area (TPSA) is 26.3 Å². The molecule has 0 aromatic rings. The third-order valence-electron chi connectivity index (χ3n) is 0.557. The molecule has 0 radical (unpaired) electrons. The molecule has 0 aliphatic heterocycles. The molecule has 0 amide bonds. The Morgan fingerprint density at radius 1 is 1.80 bits per heavy atom. The molecule has 0 bridgehead atoms. The third kappa shape index (κ3) is 15.6. The first-order valence-electron chi connectivity index (χ1n) is 2.99. The van der Waals surface area contributed by atoms with Crippen molar-refractivity contribution >= 4 is 17.6 Å². The average molecular weight is 165 g/mol. The molecule has 0 atom stereocenters. The molecule has 3 heteroatoms. The van der Waals surface area contributed by atoms with Crippen LogP contribution in [0.4, 0.5) is 0 Å². The summed E-state index contributed by atoms with van der Waals surface area (Å²) in [4.78, 5) is 9.84. The van der Waals surface area contributed by atoms with Crippen molar-refractivity contribution in [3.05, 3.63) is 12.7 Å². The molecular formula is C7H13ClO2. The van der Waals surface area contributed by atoms with Crippen LogP contribution in [0.2, 0.25) is 0 Å². The van der Waals surface area contributed by atoms with Gasteiger partial charge in [-0.1, -0.05) is 13.5 Å². The number of hydrogen-bond donors (Lipinski definition) is 0. The van der Waals surface area contributed by atoms with Crippen LogP contribution in [0, 0.1) is 0 Å². The van der Waals surface area contributed by atoms with Crippen molar-refractivity contribution in [2.75, 3.05) is 13.0 Å². The largest absolute Gasteiger partial charge is 0.466 e. The summed E-state index contributed by atoms with van der Waals surface area (Å²) in [5, 5.41) is 0. The first-order chi connectivity index (χ1) is 4.72. The van der Waals surface area contributed by atoms with Gasteiger partial charge in [-0.25, -0.2) is 4.79 Å². The lowest BCUT2D eigenvalue weighted by Gasteiger charge is -1.83. The van der Waals surface area contributed by atoms with Gasteiger partial charge >= 0.3 is 5.97 Å². The van der Waals surface area contributed by atoms with Crippen LogP contribution in [-0.4, -0.2) is 19.0 Å². The quantitative estimate of drug-likeness (QED) is 0.355. The molecule has 0 aliphatic carbocycles. The minimum absolute atomic E-state index is 0.394. The Bertz CT molecular complexity index is 89.6. The van der Waals surface area contributed by atoms with Gasteiger partial charge in [-0.05, 0) is 6.42 Å². The second-order valence-electron chi connectivity index (χ2n) is 1.42. The smallest absolute Gasteiger partial charge is 0.329 e. The Morgan fingerprint density at radius 2 is 2.20 bits per heavy atom. The highest BCUT2D eigenvalue weighted by Crippen LogP contribution is 1.75. The van der Waals surface area contributed by atoms with Crippen LogP contribution in [0.15, 0.2) is 12.7 Å². The summed E-state index contributed by atoms with van der Waals surface area (Å²) in [6.07, 6.45) is 2.20. The maximum atomic E-state index is 9.84. The fourth-order valence-electron chi connectivity index (χ4n) is 0.0833. The summed E-state index contributed by atoms with van der Waals surface area (Å²) in [5.74, 6) is 0.398. The van der Waals surface area contributed by atoms with Gasteiger partial charge in [0.05, 0.1) is 7.11 Å². The van der Waals surface area contributed by atoms with Crippen LogP contribution in [0.25, 0.3) is 0 Å². The van der Waals surface area contributed by atoms with Gasteiger partial charge in [0.1, 0.15) is 0 Å². The molecule has 0 spiro atoms. The number of esters is 1. The Hall–Kier alpha value is -0.500. The summed E-state index contributed by atoms with van der Waals surface area (Å²) in [6, 6.07) is 0. The number of carbonyl (C=O) groups excluding carboxylic acids is 1. The molecule has 2 nitrogen and oxygen atoms in total. The molecule has 0 rings (SSSR count). The molecule has 10 heavy (non-hydrogen) atoms. The van der Waals surface area contributed by atoms with Gasteiger partial charge < -0.3 is 4.74 Å². The van der Waals surface area contributed by atoms with Crippen molar-refractivity contribution in [1.82, 2.24) is 0 Å². The predicted molar refractivity (Wildman–Crippen MR) is 43.2 cm³/mol. The van der Waals surface area contributed by atoms with Crippen LogP contribution >= 0.6 is 11.6 Å². The van der Waals surface area contributed by atoms with E-state index in [1.165, 1.54) is 7.11 Å². The summed E-state index contributed by atoms with van der Waals surface area (Å²) >= 11 is 5.19. The van der Waals surface area contributed by atoms with E-state index in [1.54, 1.807) is 0 Å². The van der Waals surface area contributed by atoms with Crippen LogP contribution < -0.4 is 0 Å². The van der Waals surface area contributed by atoms with Gasteiger partial charge in [0.2, 0.25) is 0 Å². The van der Waals surface area contributed by atoms with Crippen molar-refractivity contribution in [2.45, 2.75) is 13.3 Å². The Balaban J connectivity index is 0. The van der Waals surface area contributed by atoms with E-state index < -0.39 is 5.97 Å². The molecule has 0 saturated carbocycles. The molecule has 0 fully saturated rings. The van der Waals surface area contributed by atoms with E-state index in [-0.39, 0.29) is 0 Å². The first kappa shape index (κ1) is 12.2. The second-order valence-corrected chi connectivity index (χ2v) is 1.79. The van der Waals surface area contributed by atoms with E-state index in [9.17, 15) is 4.79 Å². The monoisotopic (exact) mass is 164 g/mol. The van der Waals surface area contributed by atoms with E-state index in [0.717, 1.165) is 18.4 Å². The molecule has 0 aromatic carbocycles. The highest BCUT2D eigenvalue weighted by atomic mass is 35.5. The normalized spacial score (nSPS) is 7.10. The van der Waals surface area contributed by atoms with Crippen molar-refractivity contribution in [2.24, 2.45) is 0 Å². The lowest BCUT2D eigenvalue weighted by atomic mass is 10.6. The van der Waals surface area contributed by atoms with Gasteiger partial charge in [-0.15, -0.1) is 11.6 Å². The summed E-state index contributed by atoms with van der Waals surface area (Å²) in [7, 11) is 1.31. The molecular weight excluding hydrogens is 152 g/mol. The minimum atomic E-state index is -0.394. The van der Waals surface area contributed by atoms with Gasteiger partial charge in [0.25, 0.3) is 0 Å². The fraction of sp³-hybridized carbons (Fsp3) is 0.571. The van der Waals surface area contributed by atoms with Crippen molar-refractivity contribution in [3.8, 4) is 0 Å². The zero-order valence-corrected chi connectivity index (χ0v) is 7.15. The van der Waals surface area contributed by atoms with E-state index >= 15 is 0 Å². The standard InChI is InChI=1S/C4H6O2.C3H7Cl/c1-3-4(5)6-2;1-2-3-4/h3H,1H2,2H3;2-3H2,1H3. The third-order valence-corrected chi connectivity index (χ3v) is 0.935. The van der Waals surface area contributed by atoms with Crippen molar-refractivity contribution in [3.63, 3.8) is 0 Å². The molecule has 0 heterocycles. The highest BCUT2D eigenvalue weighted by molar-refractivity contribution is 6.17. The summed E-state index contributed by atoms with van der Waals surface area (Å²) < 4.78 is 4.14. The second kappa shape index (κ2) is 11.3. The van der Waals surface area contributed by atoms with E-state index in [0.29, 0.717) is 0 Å². The number of alkyl halides is 1. The molecule has 0 unspecified atom stereocenters. The van der Waals surface area contributed by atoms with Crippen LogP contribution in [-0.2, 0) is 9.53 Å². The number of hydrogen-bond acceptors (Lipinski definition) is 2. The number of ether oxygens (including phenoxy) is 1. The molecule has 60 valence electrons. The van der Waals surface area contributed by atoms with Crippen molar-refractivity contribution < 1.29 is 9.53 Å². The number of rotatable bonds is 2. The maximum Gasteiger partial charge on any atom is 0.329 e.